The largest absolute Gasteiger partial charge is 0.389 e. The van der Waals surface area contributed by atoms with Gasteiger partial charge in [0.05, 0.1) is 5.60 Å². The molecule has 4 rings (SSSR count). The molecule has 0 aliphatic carbocycles. The molecule has 3 aliphatic heterocycles. The average molecular weight is 415 g/mol. The quantitative estimate of drug-likeness (QED) is 0.498. The van der Waals surface area contributed by atoms with Gasteiger partial charge in [0.2, 0.25) is 11.8 Å². The van der Waals surface area contributed by atoms with Crippen LogP contribution in [-0.2, 0) is 22.7 Å². The molecule has 0 saturated carbocycles. The number of hydrogen-bond acceptors (Lipinski definition) is 6. The molecular formula is C22H30N4O4. The van der Waals surface area contributed by atoms with E-state index in [1.807, 2.05) is 25.1 Å². The number of piperidine rings is 2. The Balaban J connectivity index is 1.36. The first kappa shape index (κ1) is 21.0. The minimum Gasteiger partial charge on any atom is -0.389 e. The van der Waals surface area contributed by atoms with Gasteiger partial charge in [0, 0.05) is 44.1 Å². The second kappa shape index (κ2) is 8.45. The Labute approximate surface area is 176 Å². The first-order valence-corrected chi connectivity index (χ1v) is 10.8. The summed E-state index contributed by atoms with van der Waals surface area (Å²) in [6.07, 6.45) is 2.72. The lowest BCUT2D eigenvalue weighted by molar-refractivity contribution is -0.136. The van der Waals surface area contributed by atoms with E-state index in [1.165, 1.54) is 0 Å². The topological polar surface area (TPSA) is 111 Å². The molecule has 4 N–H and O–H groups in total. The number of carbonyl (C=O) groups excluding carboxylic acids is 3. The van der Waals surface area contributed by atoms with Crippen molar-refractivity contribution >= 4 is 17.7 Å². The maximum Gasteiger partial charge on any atom is 0.255 e. The fourth-order valence-corrected chi connectivity index (χ4v) is 4.70. The van der Waals surface area contributed by atoms with Crippen LogP contribution in [0.25, 0.3) is 0 Å². The summed E-state index contributed by atoms with van der Waals surface area (Å²) in [6, 6.07) is 5.18. The lowest BCUT2D eigenvalue weighted by Gasteiger charge is -2.36. The van der Waals surface area contributed by atoms with Gasteiger partial charge in [-0.25, -0.2) is 0 Å². The number of benzene rings is 1. The van der Waals surface area contributed by atoms with Crippen LogP contribution in [0.2, 0.25) is 0 Å². The van der Waals surface area contributed by atoms with E-state index < -0.39 is 17.6 Å². The van der Waals surface area contributed by atoms with E-state index in [0.29, 0.717) is 31.6 Å². The van der Waals surface area contributed by atoms with Crippen molar-refractivity contribution in [2.45, 2.75) is 57.3 Å². The predicted molar refractivity (Wildman–Crippen MR) is 110 cm³/mol. The average Bonchev–Trinajstić information content (AvgIpc) is 3.05. The fraction of sp³-hybridized carbons (Fsp3) is 0.591. The molecule has 0 radical (unpaired) electrons. The molecular weight excluding hydrogens is 384 g/mol. The zero-order chi connectivity index (χ0) is 21.3. The smallest absolute Gasteiger partial charge is 0.255 e. The summed E-state index contributed by atoms with van der Waals surface area (Å²) >= 11 is 0. The van der Waals surface area contributed by atoms with E-state index >= 15 is 0 Å². The van der Waals surface area contributed by atoms with Gasteiger partial charge >= 0.3 is 0 Å². The summed E-state index contributed by atoms with van der Waals surface area (Å²) < 4.78 is 0. The Kier molecular flexibility index (Phi) is 5.90. The second-order valence-electron chi connectivity index (χ2n) is 8.90. The van der Waals surface area contributed by atoms with E-state index in [0.717, 1.165) is 37.1 Å². The Morgan fingerprint density at radius 2 is 2.10 bits per heavy atom. The number of fused-ring (bicyclic) bond motifs is 1. The number of carbonyl (C=O) groups is 3. The van der Waals surface area contributed by atoms with Crippen LogP contribution < -0.4 is 16.0 Å². The molecule has 3 atom stereocenters. The number of hydrogen-bond donors (Lipinski definition) is 4. The third-order valence-electron chi connectivity index (χ3n) is 6.58. The highest BCUT2D eigenvalue weighted by molar-refractivity contribution is 6.05. The number of rotatable bonds is 6. The molecule has 3 aliphatic rings. The van der Waals surface area contributed by atoms with Crippen LogP contribution in [0.3, 0.4) is 0 Å². The van der Waals surface area contributed by atoms with Crippen LogP contribution in [-0.4, -0.2) is 59.0 Å². The summed E-state index contributed by atoms with van der Waals surface area (Å²) in [4.78, 5) is 38.0. The molecule has 1 aromatic carbocycles. The van der Waals surface area contributed by atoms with Gasteiger partial charge in [-0.05, 0) is 49.9 Å². The predicted octanol–water partition coefficient (Wildman–Crippen LogP) is 0.288. The van der Waals surface area contributed by atoms with E-state index in [9.17, 15) is 19.5 Å². The van der Waals surface area contributed by atoms with Crippen LogP contribution in [0.1, 0.15) is 54.1 Å². The number of nitrogens with one attached hydrogen (secondary N) is 3. The fourth-order valence-electron chi connectivity index (χ4n) is 4.70. The van der Waals surface area contributed by atoms with Crippen LogP contribution in [0, 0.1) is 5.92 Å². The van der Waals surface area contributed by atoms with Gasteiger partial charge in [-0.15, -0.1) is 0 Å². The van der Waals surface area contributed by atoms with Crippen molar-refractivity contribution in [2.75, 3.05) is 19.6 Å². The molecule has 3 heterocycles. The molecule has 162 valence electrons. The Hall–Kier alpha value is -2.29. The Morgan fingerprint density at radius 1 is 1.27 bits per heavy atom. The molecule has 0 spiro atoms. The molecule has 0 bridgehead atoms. The molecule has 1 aromatic rings. The van der Waals surface area contributed by atoms with E-state index in [-0.39, 0.29) is 24.2 Å². The van der Waals surface area contributed by atoms with Gasteiger partial charge < -0.3 is 20.6 Å². The van der Waals surface area contributed by atoms with E-state index in [1.54, 1.807) is 4.90 Å². The van der Waals surface area contributed by atoms with Gasteiger partial charge in [0.15, 0.2) is 0 Å². The minimum absolute atomic E-state index is 0.165. The van der Waals surface area contributed by atoms with Gasteiger partial charge in [0.1, 0.15) is 6.04 Å². The number of nitrogens with zero attached hydrogens (tertiary/aromatic N) is 1. The van der Waals surface area contributed by atoms with Crippen molar-refractivity contribution in [1.29, 1.82) is 0 Å². The summed E-state index contributed by atoms with van der Waals surface area (Å²) in [7, 11) is 0. The zero-order valence-corrected chi connectivity index (χ0v) is 17.4. The van der Waals surface area contributed by atoms with Crippen molar-refractivity contribution in [3.8, 4) is 0 Å². The van der Waals surface area contributed by atoms with E-state index in [4.69, 9.17) is 0 Å². The number of aliphatic hydroxyl groups is 1. The summed E-state index contributed by atoms with van der Waals surface area (Å²) in [5, 5.41) is 19.8. The van der Waals surface area contributed by atoms with Gasteiger partial charge in [-0.2, -0.15) is 0 Å². The van der Waals surface area contributed by atoms with Crippen molar-refractivity contribution in [3.05, 3.63) is 34.9 Å². The Morgan fingerprint density at radius 3 is 2.83 bits per heavy atom. The van der Waals surface area contributed by atoms with Crippen molar-refractivity contribution < 1.29 is 19.5 Å². The molecule has 3 unspecified atom stereocenters. The van der Waals surface area contributed by atoms with Gasteiger partial charge in [-0.1, -0.05) is 12.1 Å². The standard InChI is InChI=1S/C22H30N4O4/c1-22(30,16-3-2-8-23-11-16)13-24-10-14-4-5-15-12-26(21(29)17(15)9-14)18-6-7-19(27)25-20(18)28/h4-5,9,16,18,23-24,30H,2-3,6-8,10-13H2,1H3,(H,25,27,28). The summed E-state index contributed by atoms with van der Waals surface area (Å²) in [6.45, 7) is 5.14. The molecule has 30 heavy (non-hydrogen) atoms. The minimum atomic E-state index is -0.789. The van der Waals surface area contributed by atoms with Crippen LogP contribution in [0.4, 0.5) is 0 Å². The summed E-state index contributed by atoms with van der Waals surface area (Å²) in [5.74, 6) is -0.619. The summed E-state index contributed by atoms with van der Waals surface area (Å²) in [5.41, 5.74) is 1.68. The monoisotopic (exact) mass is 414 g/mol. The number of imide groups is 1. The molecule has 8 heteroatoms. The van der Waals surface area contributed by atoms with Crippen molar-refractivity contribution in [2.24, 2.45) is 5.92 Å². The molecule has 2 fully saturated rings. The van der Waals surface area contributed by atoms with Crippen LogP contribution >= 0.6 is 0 Å². The SMILES string of the molecule is CC(O)(CNCc1ccc2c(c1)C(=O)N(C1CCC(=O)NC1=O)C2)C1CCCNC1. The maximum absolute atomic E-state index is 12.9. The molecule has 0 aromatic heterocycles. The highest BCUT2D eigenvalue weighted by Crippen LogP contribution is 2.28. The highest BCUT2D eigenvalue weighted by Gasteiger charge is 2.39. The highest BCUT2D eigenvalue weighted by atomic mass is 16.3. The van der Waals surface area contributed by atoms with Gasteiger partial charge in [-0.3, -0.25) is 19.7 Å². The first-order valence-electron chi connectivity index (χ1n) is 10.8. The maximum atomic E-state index is 12.9. The van der Waals surface area contributed by atoms with Crippen molar-refractivity contribution in [1.82, 2.24) is 20.9 Å². The van der Waals surface area contributed by atoms with Crippen LogP contribution in [0.5, 0.6) is 0 Å². The zero-order valence-electron chi connectivity index (χ0n) is 17.4. The number of amides is 3. The first-order chi connectivity index (χ1) is 14.3. The van der Waals surface area contributed by atoms with Crippen LogP contribution in [0.15, 0.2) is 18.2 Å². The molecule has 2 saturated heterocycles. The third-order valence-corrected chi connectivity index (χ3v) is 6.58. The lowest BCUT2D eigenvalue weighted by atomic mass is 9.83. The van der Waals surface area contributed by atoms with E-state index in [2.05, 4.69) is 16.0 Å². The Bertz CT molecular complexity index is 848. The van der Waals surface area contributed by atoms with Crippen molar-refractivity contribution in [3.63, 3.8) is 0 Å². The van der Waals surface area contributed by atoms with Gasteiger partial charge in [0.25, 0.3) is 5.91 Å². The normalized spacial score (nSPS) is 26.3. The lowest BCUT2D eigenvalue weighted by Crippen LogP contribution is -2.52. The third kappa shape index (κ3) is 4.26. The molecule has 3 amide bonds. The molecule has 8 nitrogen and oxygen atoms in total. The second-order valence-corrected chi connectivity index (χ2v) is 8.90.